The molecule has 9 heteroatoms. The summed E-state index contributed by atoms with van der Waals surface area (Å²) in [5, 5.41) is 14.4. The molecule has 1 atom stereocenters. The summed E-state index contributed by atoms with van der Waals surface area (Å²) in [6.45, 7) is 5.19. The van der Waals surface area contributed by atoms with Crippen LogP contribution in [-0.2, 0) is 14.8 Å². The molecule has 1 fully saturated rings. The standard InChI is InChI=1S/C16H25N3O5S/c1-12-6-8-18(9-7-12)25(22,23)14-4-5-15(16(10-14)19(20)21)17-13(2)11-24-3/h4-5,10,12-13,17H,6-9,11H2,1-3H3/t13-/m0/s1. The largest absolute Gasteiger partial charge is 0.383 e. The van der Waals surface area contributed by atoms with Gasteiger partial charge in [-0.15, -0.1) is 0 Å². The van der Waals surface area contributed by atoms with Gasteiger partial charge in [0.1, 0.15) is 5.69 Å². The third-order valence-electron chi connectivity index (χ3n) is 4.36. The van der Waals surface area contributed by atoms with Gasteiger partial charge in [0.2, 0.25) is 10.0 Å². The number of methoxy groups -OCH3 is 1. The number of ether oxygens (including phenoxy) is 1. The van der Waals surface area contributed by atoms with Crippen LogP contribution in [0.1, 0.15) is 26.7 Å². The zero-order valence-electron chi connectivity index (χ0n) is 14.8. The molecule has 2 rings (SSSR count). The minimum atomic E-state index is -3.72. The second kappa shape index (κ2) is 8.11. The lowest BCUT2D eigenvalue weighted by Crippen LogP contribution is -2.37. The van der Waals surface area contributed by atoms with Crippen molar-refractivity contribution in [3.05, 3.63) is 28.3 Å². The van der Waals surface area contributed by atoms with Crippen molar-refractivity contribution in [3.8, 4) is 0 Å². The van der Waals surface area contributed by atoms with Crippen molar-refractivity contribution < 1.29 is 18.1 Å². The van der Waals surface area contributed by atoms with Crippen LogP contribution in [-0.4, -0.2) is 50.5 Å². The van der Waals surface area contributed by atoms with Crippen LogP contribution in [0.3, 0.4) is 0 Å². The molecule has 8 nitrogen and oxygen atoms in total. The molecule has 25 heavy (non-hydrogen) atoms. The Morgan fingerprint density at radius 3 is 2.60 bits per heavy atom. The number of hydrogen-bond donors (Lipinski definition) is 1. The van der Waals surface area contributed by atoms with Crippen LogP contribution in [0.25, 0.3) is 0 Å². The first-order valence-corrected chi connectivity index (χ1v) is 9.73. The maximum Gasteiger partial charge on any atom is 0.293 e. The molecular formula is C16H25N3O5S. The van der Waals surface area contributed by atoms with E-state index in [0.29, 0.717) is 25.6 Å². The van der Waals surface area contributed by atoms with Crippen LogP contribution in [0.15, 0.2) is 23.1 Å². The highest BCUT2D eigenvalue weighted by Crippen LogP contribution is 2.31. The van der Waals surface area contributed by atoms with E-state index in [1.807, 2.05) is 6.92 Å². The van der Waals surface area contributed by atoms with E-state index in [9.17, 15) is 18.5 Å². The predicted molar refractivity (Wildman–Crippen MR) is 95.2 cm³/mol. The van der Waals surface area contributed by atoms with E-state index < -0.39 is 14.9 Å². The second-order valence-electron chi connectivity index (χ2n) is 6.52. The Bertz CT molecular complexity index is 714. The van der Waals surface area contributed by atoms with Crippen LogP contribution < -0.4 is 5.32 Å². The number of rotatable bonds is 7. The van der Waals surface area contributed by atoms with Crippen molar-refractivity contribution in [3.63, 3.8) is 0 Å². The van der Waals surface area contributed by atoms with Gasteiger partial charge in [-0.3, -0.25) is 10.1 Å². The molecule has 1 heterocycles. The molecule has 1 aliphatic rings. The van der Waals surface area contributed by atoms with Crippen LogP contribution in [0.2, 0.25) is 0 Å². The molecule has 1 saturated heterocycles. The van der Waals surface area contributed by atoms with Gasteiger partial charge in [-0.1, -0.05) is 6.92 Å². The van der Waals surface area contributed by atoms with E-state index in [2.05, 4.69) is 12.2 Å². The zero-order valence-corrected chi connectivity index (χ0v) is 15.6. The summed E-state index contributed by atoms with van der Waals surface area (Å²) >= 11 is 0. The molecular weight excluding hydrogens is 346 g/mol. The number of hydrogen-bond acceptors (Lipinski definition) is 6. The minimum absolute atomic E-state index is 0.0429. The number of nitrogens with zero attached hydrogens (tertiary/aromatic N) is 2. The summed E-state index contributed by atoms with van der Waals surface area (Å²) in [6.07, 6.45) is 1.60. The quantitative estimate of drug-likeness (QED) is 0.583. The van der Waals surface area contributed by atoms with Crippen molar-refractivity contribution in [2.45, 2.75) is 37.6 Å². The monoisotopic (exact) mass is 371 g/mol. The van der Waals surface area contributed by atoms with Gasteiger partial charge >= 0.3 is 0 Å². The molecule has 0 aliphatic carbocycles. The highest BCUT2D eigenvalue weighted by atomic mass is 32.2. The number of benzene rings is 1. The van der Waals surface area contributed by atoms with Crippen LogP contribution in [0, 0.1) is 16.0 Å². The van der Waals surface area contributed by atoms with Gasteiger partial charge in [0.05, 0.1) is 16.4 Å². The fourth-order valence-electron chi connectivity index (χ4n) is 2.88. The van der Waals surface area contributed by atoms with Crippen LogP contribution in [0.5, 0.6) is 0 Å². The van der Waals surface area contributed by atoms with Gasteiger partial charge in [0, 0.05) is 32.3 Å². The number of anilines is 1. The first-order valence-electron chi connectivity index (χ1n) is 8.29. The Morgan fingerprint density at radius 1 is 1.40 bits per heavy atom. The van der Waals surface area contributed by atoms with E-state index in [1.54, 1.807) is 7.11 Å². The first kappa shape index (κ1) is 19.6. The summed E-state index contributed by atoms with van der Waals surface area (Å²) < 4.78 is 32.0. The first-order chi connectivity index (χ1) is 11.8. The van der Waals surface area contributed by atoms with E-state index in [-0.39, 0.29) is 22.3 Å². The molecule has 0 unspecified atom stereocenters. The summed E-state index contributed by atoms with van der Waals surface area (Å²) in [6, 6.07) is 3.86. The number of nitro benzene ring substituents is 1. The highest BCUT2D eigenvalue weighted by molar-refractivity contribution is 7.89. The van der Waals surface area contributed by atoms with E-state index in [0.717, 1.165) is 18.9 Å². The molecule has 0 saturated carbocycles. The van der Waals surface area contributed by atoms with Gasteiger partial charge in [-0.25, -0.2) is 8.42 Å². The average Bonchev–Trinajstić information content (AvgIpc) is 2.55. The third-order valence-corrected chi connectivity index (χ3v) is 6.26. The highest BCUT2D eigenvalue weighted by Gasteiger charge is 2.30. The van der Waals surface area contributed by atoms with Crippen molar-refractivity contribution in [2.75, 3.05) is 32.1 Å². The lowest BCUT2D eigenvalue weighted by atomic mass is 10.0. The van der Waals surface area contributed by atoms with Gasteiger partial charge in [0.15, 0.2) is 0 Å². The molecule has 1 aromatic rings. The smallest absolute Gasteiger partial charge is 0.293 e. The summed E-state index contributed by atoms with van der Waals surface area (Å²) in [5.74, 6) is 0.495. The van der Waals surface area contributed by atoms with E-state index in [1.165, 1.54) is 16.4 Å². The number of nitrogens with one attached hydrogen (secondary N) is 1. The van der Waals surface area contributed by atoms with Crippen molar-refractivity contribution in [1.29, 1.82) is 0 Å². The zero-order chi connectivity index (χ0) is 18.6. The lowest BCUT2D eigenvalue weighted by Gasteiger charge is -2.29. The van der Waals surface area contributed by atoms with Gasteiger partial charge in [-0.05, 0) is 37.8 Å². The van der Waals surface area contributed by atoms with Crippen LogP contribution >= 0.6 is 0 Å². The average molecular weight is 371 g/mol. The van der Waals surface area contributed by atoms with Crippen LogP contribution in [0.4, 0.5) is 11.4 Å². The summed E-state index contributed by atoms with van der Waals surface area (Å²) in [7, 11) is -2.18. The molecule has 0 aromatic heterocycles. The van der Waals surface area contributed by atoms with Gasteiger partial charge < -0.3 is 10.1 Å². The summed E-state index contributed by atoms with van der Waals surface area (Å²) in [5.41, 5.74) is 0.0233. The number of nitro groups is 1. The fraction of sp³-hybridized carbons (Fsp3) is 0.625. The van der Waals surface area contributed by atoms with Gasteiger partial charge in [0.25, 0.3) is 5.69 Å². The molecule has 0 radical (unpaired) electrons. The second-order valence-corrected chi connectivity index (χ2v) is 8.46. The SMILES string of the molecule is COC[C@H](C)Nc1ccc(S(=O)(=O)N2CCC(C)CC2)cc1[N+](=O)[O-]. The van der Waals surface area contributed by atoms with Crippen molar-refractivity contribution in [2.24, 2.45) is 5.92 Å². The molecule has 140 valence electrons. The molecule has 1 aliphatic heterocycles. The molecule has 0 spiro atoms. The Balaban J connectivity index is 2.30. The molecule has 0 amide bonds. The normalized spacial score (nSPS) is 18.0. The Kier molecular flexibility index (Phi) is 6.36. The van der Waals surface area contributed by atoms with Gasteiger partial charge in [-0.2, -0.15) is 4.31 Å². The predicted octanol–water partition coefficient (Wildman–Crippen LogP) is 2.46. The maximum atomic E-state index is 12.8. The Morgan fingerprint density at radius 2 is 2.04 bits per heavy atom. The fourth-order valence-corrected chi connectivity index (χ4v) is 4.37. The Labute approximate surface area is 148 Å². The van der Waals surface area contributed by atoms with E-state index >= 15 is 0 Å². The minimum Gasteiger partial charge on any atom is -0.383 e. The molecule has 1 N–H and O–H groups in total. The number of sulfonamides is 1. The maximum absolute atomic E-state index is 12.8. The topological polar surface area (TPSA) is 102 Å². The lowest BCUT2D eigenvalue weighted by molar-refractivity contribution is -0.384. The summed E-state index contributed by atoms with van der Waals surface area (Å²) in [4.78, 5) is 10.8. The van der Waals surface area contributed by atoms with E-state index in [4.69, 9.17) is 4.74 Å². The molecule has 0 bridgehead atoms. The van der Waals surface area contributed by atoms with Crippen molar-refractivity contribution >= 4 is 21.4 Å². The molecule has 1 aromatic carbocycles. The third kappa shape index (κ3) is 4.68. The number of piperidine rings is 1. The van der Waals surface area contributed by atoms with Crippen molar-refractivity contribution in [1.82, 2.24) is 4.31 Å². The Hall–Kier alpha value is -1.71.